The average Bonchev–Trinajstić information content (AvgIpc) is 2.71. The van der Waals surface area contributed by atoms with Gasteiger partial charge in [0.05, 0.1) is 6.61 Å². The van der Waals surface area contributed by atoms with E-state index in [0.717, 1.165) is 37.7 Å². The van der Waals surface area contributed by atoms with Crippen molar-refractivity contribution in [2.24, 2.45) is 5.92 Å². The summed E-state index contributed by atoms with van der Waals surface area (Å²) in [7, 11) is 0. The highest BCUT2D eigenvalue weighted by atomic mass is 19.2. The first kappa shape index (κ1) is 20.7. The predicted octanol–water partition coefficient (Wildman–Crippen LogP) is 6.25. The van der Waals surface area contributed by atoms with Gasteiger partial charge in [0.1, 0.15) is 5.82 Å². The molecule has 5 heteroatoms. The zero-order valence-corrected chi connectivity index (χ0v) is 16.2. The summed E-state index contributed by atoms with van der Waals surface area (Å²) in [6.07, 6.45) is 5.18. The van der Waals surface area contributed by atoms with E-state index in [2.05, 4.69) is 0 Å². The predicted molar refractivity (Wildman–Crippen MR) is 103 cm³/mol. The summed E-state index contributed by atoms with van der Waals surface area (Å²) in [5.74, 6) is -2.18. The normalized spacial score (nSPS) is 19.7. The number of rotatable bonds is 7. The summed E-state index contributed by atoms with van der Waals surface area (Å²) < 4.78 is 46.9. The molecule has 0 unspecified atom stereocenters. The van der Waals surface area contributed by atoms with E-state index in [0.29, 0.717) is 42.6 Å². The Balaban J connectivity index is 1.52. The minimum absolute atomic E-state index is 0.210. The van der Waals surface area contributed by atoms with E-state index in [1.54, 1.807) is 6.07 Å². The Morgan fingerprint density at radius 1 is 0.964 bits per heavy atom. The van der Waals surface area contributed by atoms with Crippen molar-refractivity contribution in [3.63, 3.8) is 0 Å². The third kappa shape index (κ3) is 4.88. The zero-order valence-electron chi connectivity index (χ0n) is 16.2. The van der Waals surface area contributed by atoms with E-state index < -0.39 is 17.4 Å². The topological polar surface area (TPSA) is 29.5 Å². The summed E-state index contributed by atoms with van der Waals surface area (Å²) in [5, 5.41) is 9.21. The van der Waals surface area contributed by atoms with Gasteiger partial charge >= 0.3 is 0 Å². The van der Waals surface area contributed by atoms with Gasteiger partial charge in [-0.05, 0) is 80.5 Å². The van der Waals surface area contributed by atoms with Gasteiger partial charge in [-0.15, -0.1) is 0 Å². The summed E-state index contributed by atoms with van der Waals surface area (Å²) in [4.78, 5) is 0. The Bertz CT molecular complexity index is 799. The van der Waals surface area contributed by atoms with Crippen LogP contribution in [0.2, 0.25) is 0 Å². The Morgan fingerprint density at radius 3 is 2.36 bits per heavy atom. The van der Waals surface area contributed by atoms with Crippen molar-refractivity contribution in [1.29, 1.82) is 0 Å². The molecule has 2 aromatic carbocycles. The van der Waals surface area contributed by atoms with Crippen LogP contribution >= 0.6 is 0 Å². The second-order valence-corrected chi connectivity index (χ2v) is 7.62. The molecule has 152 valence electrons. The maximum atomic E-state index is 14.2. The molecule has 0 saturated heterocycles. The molecule has 0 aliphatic heterocycles. The molecule has 28 heavy (non-hydrogen) atoms. The van der Waals surface area contributed by atoms with Gasteiger partial charge < -0.3 is 9.84 Å². The summed E-state index contributed by atoms with van der Waals surface area (Å²) >= 11 is 0. The molecule has 1 aliphatic carbocycles. The number of phenolic OH excluding ortho intramolecular Hbond substituents is 1. The van der Waals surface area contributed by atoms with E-state index >= 15 is 0 Å². The van der Waals surface area contributed by atoms with Crippen LogP contribution in [0.4, 0.5) is 13.2 Å². The van der Waals surface area contributed by atoms with Crippen LogP contribution in [-0.4, -0.2) is 11.7 Å². The fraction of sp³-hybridized carbons (Fsp3) is 0.478. The number of halogens is 3. The lowest BCUT2D eigenvalue weighted by Crippen LogP contribution is -2.14. The van der Waals surface area contributed by atoms with Crippen LogP contribution in [0.15, 0.2) is 30.3 Å². The summed E-state index contributed by atoms with van der Waals surface area (Å²) in [6, 6.07) is 8.10. The summed E-state index contributed by atoms with van der Waals surface area (Å²) in [5.41, 5.74) is 1.93. The maximum absolute atomic E-state index is 14.2. The molecule has 0 aromatic heterocycles. The first-order valence-electron chi connectivity index (χ1n) is 10.0. The second-order valence-electron chi connectivity index (χ2n) is 7.62. The Labute approximate surface area is 164 Å². The molecule has 2 nitrogen and oxygen atoms in total. The molecule has 1 N–H and O–H groups in total. The molecule has 1 saturated carbocycles. The van der Waals surface area contributed by atoms with Crippen LogP contribution in [0.25, 0.3) is 0 Å². The largest absolute Gasteiger partial charge is 0.505 e. The van der Waals surface area contributed by atoms with Crippen LogP contribution in [0, 0.1) is 23.4 Å². The van der Waals surface area contributed by atoms with Gasteiger partial charge in [-0.1, -0.05) is 18.2 Å². The number of ether oxygens (including phenoxy) is 1. The van der Waals surface area contributed by atoms with Crippen molar-refractivity contribution in [2.45, 2.75) is 58.0 Å². The van der Waals surface area contributed by atoms with Gasteiger partial charge in [0, 0.05) is 12.2 Å². The molecule has 0 heterocycles. The van der Waals surface area contributed by atoms with Crippen molar-refractivity contribution < 1.29 is 23.0 Å². The van der Waals surface area contributed by atoms with Crippen molar-refractivity contribution in [3.8, 4) is 5.75 Å². The van der Waals surface area contributed by atoms with Crippen molar-refractivity contribution in [1.82, 2.24) is 0 Å². The number of aryl methyl sites for hydroxylation is 1. The van der Waals surface area contributed by atoms with Gasteiger partial charge in [0.2, 0.25) is 5.82 Å². The highest BCUT2D eigenvalue weighted by Gasteiger charge is 2.23. The Hall–Kier alpha value is -2.01. The zero-order chi connectivity index (χ0) is 20.1. The van der Waals surface area contributed by atoms with Gasteiger partial charge in [-0.2, -0.15) is 4.39 Å². The van der Waals surface area contributed by atoms with Crippen LogP contribution < -0.4 is 0 Å². The van der Waals surface area contributed by atoms with Gasteiger partial charge in [0.25, 0.3) is 0 Å². The number of hydrogen-bond donors (Lipinski definition) is 1. The van der Waals surface area contributed by atoms with E-state index in [4.69, 9.17) is 4.74 Å². The quantitative estimate of drug-likeness (QED) is 0.603. The van der Waals surface area contributed by atoms with Crippen LogP contribution in [0.3, 0.4) is 0 Å². The molecule has 0 spiro atoms. The van der Waals surface area contributed by atoms with E-state index in [9.17, 15) is 18.3 Å². The molecule has 2 aromatic rings. The van der Waals surface area contributed by atoms with Gasteiger partial charge in [-0.3, -0.25) is 0 Å². The third-order valence-corrected chi connectivity index (χ3v) is 5.82. The fourth-order valence-corrected chi connectivity index (χ4v) is 4.06. The Morgan fingerprint density at radius 2 is 1.68 bits per heavy atom. The fourth-order valence-electron chi connectivity index (χ4n) is 4.06. The third-order valence-electron chi connectivity index (χ3n) is 5.82. The van der Waals surface area contributed by atoms with E-state index in [1.807, 2.05) is 19.1 Å². The minimum Gasteiger partial charge on any atom is -0.505 e. The van der Waals surface area contributed by atoms with E-state index in [1.165, 1.54) is 12.1 Å². The number of aromatic hydroxyl groups is 1. The van der Waals surface area contributed by atoms with Crippen LogP contribution in [0.5, 0.6) is 5.75 Å². The van der Waals surface area contributed by atoms with E-state index in [-0.39, 0.29) is 5.82 Å². The first-order chi connectivity index (χ1) is 13.5. The molecule has 0 amide bonds. The molecule has 0 radical (unpaired) electrons. The van der Waals surface area contributed by atoms with Crippen molar-refractivity contribution in [2.75, 3.05) is 6.61 Å². The van der Waals surface area contributed by atoms with Crippen LogP contribution in [-0.2, 0) is 17.8 Å². The lowest BCUT2D eigenvalue weighted by atomic mass is 9.76. The Kier molecular flexibility index (Phi) is 7.00. The molecular weight excluding hydrogens is 365 g/mol. The van der Waals surface area contributed by atoms with Crippen LogP contribution in [0.1, 0.15) is 61.6 Å². The summed E-state index contributed by atoms with van der Waals surface area (Å²) in [6.45, 7) is 2.74. The minimum atomic E-state index is -1.17. The molecule has 1 aliphatic rings. The van der Waals surface area contributed by atoms with Gasteiger partial charge in [-0.25, -0.2) is 8.78 Å². The highest BCUT2D eigenvalue weighted by molar-refractivity contribution is 5.30. The molecule has 3 rings (SSSR count). The maximum Gasteiger partial charge on any atom is 0.200 e. The number of phenols is 1. The number of benzene rings is 2. The smallest absolute Gasteiger partial charge is 0.200 e. The molecular formula is C23H27F3O2. The molecule has 0 bridgehead atoms. The lowest BCUT2D eigenvalue weighted by molar-refractivity contribution is 0.131. The first-order valence-corrected chi connectivity index (χ1v) is 10.0. The average molecular weight is 392 g/mol. The SMILES string of the molecule is CCOCc1ccc(C2CCC(CCc3ccc(O)c(F)c3F)CC2)cc1F. The lowest BCUT2D eigenvalue weighted by Gasteiger charge is -2.29. The van der Waals surface area contributed by atoms with Gasteiger partial charge in [0.15, 0.2) is 11.6 Å². The standard InChI is InChI=1S/C23H27F3O2/c1-2-28-14-19-10-9-18(13-20(19)24)16-6-3-15(4-7-16)5-8-17-11-12-21(27)23(26)22(17)25/h9-13,15-16,27H,2-8,14H2,1H3. The van der Waals surface area contributed by atoms with Crippen molar-refractivity contribution >= 4 is 0 Å². The highest BCUT2D eigenvalue weighted by Crippen LogP contribution is 2.38. The second kappa shape index (κ2) is 9.46. The molecule has 0 atom stereocenters. The monoisotopic (exact) mass is 392 g/mol. The van der Waals surface area contributed by atoms with Crippen molar-refractivity contribution in [3.05, 3.63) is 64.5 Å². The molecule has 1 fully saturated rings. The number of hydrogen-bond acceptors (Lipinski definition) is 2.